The van der Waals surface area contributed by atoms with Crippen molar-refractivity contribution in [2.45, 2.75) is 12.2 Å². The summed E-state index contributed by atoms with van der Waals surface area (Å²) in [6.45, 7) is 0. The zero-order valence-electron chi connectivity index (χ0n) is 10.3. The second-order valence-corrected chi connectivity index (χ2v) is 6.07. The Morgan fingerprint density at radius 1 is 1.47 bits per heavy atom. The molecule has 7 heteroatoms. The summed E-state index contributed by atoms with van der Waals surface area (Å²) in [5.74, 6) is -1.50. The number of nitriles is 1. The van der Waals surface area contributed by atoms with Crippen LogP contribution in [0.15, 0.2) is 18.2 Å². The smallest absolute Gasteiger partial charge is 0.304 e. The monoisotopic (exact) mass is 283 g/mol. The SMILES string of the molecule is COc1ccc(CS(=O)(=O)CCC(=O)O)cc1C#N. The minimum Gasteiger partial charge on any atom is -0.495 e. The first-order valence-corrected chi connectivity index (χ1v) is 7.19. The van der Waals surface area contributed by atoms with Crippen LogP contribution in [0.5, 0.6) is 5.75 Å². The van der Waals surface area contributed by atoms with Crippen LogP contribution in [0, 0.1) is 11.3 Å². The lowest BCUT2D eigenvalue weighted by atomic mass is 10.1. The molecular formula is C12H13NO5S. The molecule has 1 N–H and O–H groups in total. The standard InChI is InChI=1S/C12H13NO5S/c1-18-11-3-2-9(6-10(11)7-13)8-19(16,17)5-4-12(14)15/h2-3,6H,4-5,8H2,1H3,(H,14,15). The molecule has 0 aliphatic heterocycles. The normalized spacial score (nSPS) is 10.7. The number of nitrogens with zero attached hydrogens (tertiary/aromatic N) is 1. The Kier molecular flexibility index (Phi) is 4.89. The molecule has 0 radical (unpaired) electrons. The molecule has 0 bridgehead atoms. The molecule has 0 aromatic heterocycles. The predicted octanol–water partition coefficient (Wildman–Crippen LogP) is 0.956. The van der Waals surface area contributed by atoms with Gasteiger partial charge in [-0.25, -0.2) is 8.42 Å². The summed E-state index contributed by atoms with van der Waals surface area (Å²) in [7, 11) is -2.09. The fourth-order valence-corrected chi connectivity index (χ4v) is 2.82. The maximum atomic E-state index is 11.7. The number of carbonyl (C=O) groups is 1. The van der Waals surface area contributed by atoms with Crippen molar-refractivity contribution in [1.82, 2.24) is 0 Å². The second-order valence-electron chi connectivity index (χ2n) is 3.88. The van der Waals surface area contributed by atoms with E-state index in [2.05, 4.69) is 0 Å². The highest BCUT2D eigenvalue weighted by Gasteiger charge is 2.15. The van der Waals surface area contributed by atoms with Crippen molar-refractivity contribution in [1.29, 1.82) is 5.26 Å². The number of sulfone groups is 1. The second kappa shape index (κ2) is 6.20. The number of ether oxygens (including phenoxy) is 1. The van der Waals surface area contributed by atoms with Crippen LogP contribution in [0.4, 0.5) is 0 Å². The Bertz CT molecular complexity index is 615. The molecule has 102 valence electrons. The van der Waals surface area contributed by atoms with Gasteiger partial charge in [-0.15, -0.1) is 0 Å². The van der Waals surface area contributed by atoms with E-state index in [4.69, 9.17) is 15.1 Å². The van der Waals surface area contributed by atoms with E-state index in [0.717, 1.165) is 0 Å². The van der Waals surface area contributed by atoms with Crippen LogP contribution >= 0.6 is 0 Å². The number of carboxylic acid groups (broad SMARTS) is 1. The molecule has 0 aliphatic rings. The summed E-state index contributed by atoms with van der Waals surface area (Å²) in [5.41, 5.74) is 0.677. The first kappa shape index (κ1) is 15.0. The van der Waals surface area contributed by atoms with E-state index in [1.165, 1.54) is 25.3 Å². The topological polar surface area (TPSA) is 104 Å². The number of aliphatic carboxylic acids is 1. The van der Waals surface area contributed by atoms with Gasteiger partial charge in [0.1, 0.15) is 11.8 Å². The van der Waals surface area contributed by atoms with E-state index in [0.29, 0.717) is 11.3 Å². The molecule has 0 saturated heterocycles. The third kappa shape index (κ3) is 4.60. The summed E-state index contributed by atoms with van der Waals surface area (Å²) in [4.78, 5) is 10.4. The van der Waals surface area contributed by atoms with E-state index < -0.39 is 28.0 Å². The first-order chi connectivity index (χ1) is 8.88. The van der Waals surface area contributed by atoms with Gasteiger partial charge < -0.3 is 9.84 Å². The summed E-state index contributed by atoms with van der Waals surface area (Å²) >= 11 is 0. The van der Waals surface area contributed by atoms with Crippen LogP contribution in [0.1, 0.15) is 17.5 Å². The summed E-state index contributed by atoms with van der Waals surface area (Å²) in [6, 6.07) is 6.39. The molecule has 19 heavy (non-hydrogen) atoms. The number of hydrogen-bond acceptors (Lipinski definition) is 5. The Morgan fingerprint density at radius 2 is 2.16 bits per heavy atom. The van der Waals surface area contributed by atoms with Crippen LogP contribution < -0.4 is 4.74 Å². The Balaban J connectivity index is 2.88. The zero-order valence-corrected chi connectivity index (χ0v) is 11.1. The summed E-state index contributed by atoms with van der Waals surface area (Å²) in [5, 5.41) is 17.4. The van der Waals surface area contributed by atoms with Crippen LogP contribution in [-0.4, -0.2) is 32.4 Å². The van der Waals surface area contributed by atoms with E-state index in [1.54, 1.807) is 0 Å². The van der Waals surface area contributed by atoms with Crippen LogP contribution in [0.2, 0.25) is 0 Å². The molecule has 0 aliphatic carbocycles. The maximum Gasteiger partial charge on any atom is 0.304 e. The van der Waals surface area contributed by atoms with Crippen molar-refractivity contribution in [2.75, 3.05) is 12.9 Å². The highest BCUT2D eigenvalue weighted by atomic mass is 32.2. The summed E-state index contributed by atoms with van der Waals surface area (Å²) in [6.07, 6.45) is -0.427. The van der Waals surface area contributed by atoms with Crippen molar-refractivity contribution in [3.63, 3.8) is 0 Å². The minimum absolute atomic E-state index is 0.244. The Hall–Kier alpha value is -2.07. The highest BCUT2D eigenvalue weighted by molar-refractivity contribution is 7.90. The minimum atomic E-state index is -3.51. The summed E-state index contributed by atoms with van der Waals surface area (Å²) < 4.78 is 28.3. The van der Waals surface area contributed by atoms with Crippen molar-refractivity contribution in [2.24, 2.45) is 0 Å². The molecule has 0 amide bonds. The van der Waals surface area contributed by atoms with Gasteiger partial charge in [0.25, 0.3) is 0 Å². The largest absolute Gasteiger partial charge is 0.495 e. The lowest BCUT2D eigenvalue weighted by Crippen LogP contribution is -2.13. The van der Waals surface area contributed by atoms with Gasteiger partial charge >= 0.3 is 5.97 Å². The lowest BCUT2D eigenvalue weighted by Gasteiger charge is -2.06. The number of methoxy groups -OCH3 is 1. The van der Waals surface area contributed by atoms with Crippen LogP contribution in [-0.2, 0) is 20.4 Å². The van der Waals surface area contributed by atoms with E-state index in [1.807, 2.05) is 6.07 Å². The molecule has 0 fully saturated rings. The van der Waals surface area contributed by atoms with Crippen LogP contribution in [0.3, 0.4) is 0 Å². The third-order valence-electron chi connectivity index (χ3n) is 2.40. The number of rotatable bonds is 6. The highest BCUT2D eigenvalue weighted by Crippen LogP contribution is 2.20. The molecule has 1 aromatic carbocycles. The molecule has 0 heterocycles. The zero-order chi connectivity index (χ0) is 14.5. The molecule has 0 spiro atoms. The fourth-order valence-electron chi connectivity index (χ4n) is 1.50. The van der Waals surface area contributed by atoms with Gasteiger partial charge in [0.2, 0.25) is 0 Å². The van der Waals surface area contributed by atoms with Gasteiger partial charge in [0.05, 0.1) is 30.6 Å². The van der Waals surface area contributed by atoms with E-state index >= 15 is 0 Å². The fraction of sp³-hybridized carbons (Fsp3) is 0.333. The molecule has 0 saturated carbocycles. The van der Waals surface area contributed by atoms with Gasteiger partial charge in [-0.3, -0.25) is 4.79 Å². The van der Waals surface area contributed by atoms with Gasteiger partial charge in [-0.05, 0) is 17.7 Å². The van der Waals surface area contributed by atoms with Crippen molar-refractivity contribution in [3.05, 3.63) is 29.3 Å². The van der Waals surface area contributed by atoms with Gasteiger partial charge in [-0.2, -0.15) is 5.26 Å². The van der Waals surface area contributed by atoms with Crippen LogP contribution in [0.25, 0.3) is 0 Å². The molecule has 6 nitrogen and oxygen atoms in total. The molecule has 0 unspecified atom stereocenters. The molecule has 1 rings (SSSR count). The molecule has 0 atom stereocenters. The quantitative estimate of drug-likeness (QED) is 0.833. The first-order valence-electron chi connectivity index (χ1n) is 5.37. The van der Waals surface area contributed by atoms with Crippen molar-refractivity contribution in [3.8, 4) is 11.8 Å². The average molecular weight is 283 g/mol. The van der Waals surface area contributed by atoms with Gasteiger partial charge in [-0.1, -0.05) is 6.07 Å². The van der Waals surface area contributed by atoms with Crippen molar-refractivity contribution >= 4 is 15.8 Å². The number of hydrogen-bond donors (Lipinski definition) is 1. The molecular weight excluding hydrogens is 270 g/mol. The third-order valence-corrected chi connectivity index (χ3v) is 4.00. The van der Waals surface area contributed by atoms with Gasteiger partial charge in [0.15, 0.2) is 9.84 Å². The Labute approximate surface area is 111 Å². The Morgan fingerprint density at radius 3 is 2.68 bits per heavy atom. The molecule has 1 aromatic rings. The lowest BCUT2D eigenvalue weighted by molar-refractivity contribution is -0.136. The number of benzene rings is 1. The maximum absolute atomic E-state index is 11.7. The van der Waals surface area contributed by atoms with E-state index in [-0.39, 0.29) is 11.3 Å². The van der Waals surface area contributed by atoms with Gasteiger partial charge in [0, 0.05) is 0 Å². The predicted molar refractivity (Wildman–Crippen MR) is 67.5 cm³/mol. The number of carboxylic acids is 1. The average Bonchev–Trinajstić information content (AvgIpc) is 2.36. The van der Waals surface area contributed by atoms with E-state index in [9.17, 15) is 13.2 Å². The van der Waals surface area contributed by atoms with Crippen molar-refractivity contribution < 1.29 is 23.1 Å².